The van der Waals surface area contributed by atoms with Crippen molar-refractivity contribution in [3.05, 3.63) is 33.9 Å². The van der Waals surface area contributed by atoms with E-state index < -0.39 is 0 Å². The molecule has 160 valence electrons. The van der Waals surface area contributed by atoms with Gasteiger partial charge in [0.1, 0.15) is 5.69 Å². The van der Waals surface area contributed by atoms with Crippen LogP contribution in [0.3, 0.4) is 0 Å². The van der Waals surface area contributed by atoms with Gasteiger partial charge in [-0.05, 0) is 75.3 Å². The third kappa shape index (κ3) is 5.28. The van der Waals surface area contributed by atoms with Crippen molar-refractivity contribution in [2.24, 2.45) is 0 Å². The molecule has 2 aliphatic carbocycles. The lowest BCUT2D eigenvalue weighted by molar-refractivity contribution is -0.384. The summed E-state index contributed by atoms with van der Waals surface area (Å²) < 4.78 is 5.93. The van der Waals surface area contributed by atoms with Crippen molar-refractivity contribution in [2.75, 3.05) is 25.0 Å². The number of nitro benzene ring substituents is 1. The molecule has 1 aliphatic heterocycles. The van der Waals surface area contributed by atoms with E-state index in [2.05, 4.69) is 17.1 Å². The largest absolute Gasteiger partial charge is 0.378 e. The Balaban J connectivity index is 1.28. The zero-order valence-electron chi connectivity index (χ0n) is 17.6. The third-order valence-electron chi connectivity index (χ3n) is 6.87. The van der Waals surface area contributed by atoms with Crippen LogP contribution in [-0.4, -0.2) is 47.7 Å². The fourth-order valence-corrected chi connectivity index (χ4v) is 4.99. The summed E-state index contributed by atoms with van der Waals surface area (Å²) in [6.07, 6.45) is 10.9. The van der Waals surface area contributed by atoms with Crippen LogP contribution in [-0.2, 0) is 4.74 Å². The van der Waals surface area contributed by atoms with Crippen molar-refractivity contribution in [3.8, 4) is 0 Å². The highest BCUT2D eigenvalue weighted by molar-refractivity contribution is 5.64. The maximum absolute atomic E-state index is 11.5. The molecule has 3 fully saturated rings. The van der Waals surface area contributed by atoms with Crippen LogP contribution in [0.4, 0.5) is 11.4 Å². The van der Waals surface area contributed by atoms with Crippen LogP contribution < -0.4 is 5.32 Å². The van der Waals surface area contributed by atoms with Gasteiger partial charge in [-0.3, -0.25) is 10.1 Å². The minimum atomic E-state index is -0.257. The molecule has 1 N–H and O–H groups in total. The van der Waals surface area contributed by atoms with Gasteiger partial charge in [-0.15, -0.1) is 0 Å². The van der Waals surface area contributed by atoms with Gasteiger partial charge in [0.15, 0.2) is 0 Å². The van der Waals surface area contributed by atoms with Crippen molar-refractivity contribution in [2.45, 2.75) is 88.8 Å². The molecule has 3 aliphatic rings. The van der Waals surface area contributed by atoms with Crippen LogP contribution in [0.1, 0.15) is 76.2 Å². The molecule has 1 aromatic carbocycles. The first-order valence-electron chi connectivity index (χ1n) is 11.5. The number of ether oxygens (including phenoxy) is 1. The monoisotopic (exact) mass is 401 g/mol. The number of rotatable bonds is 8. The number of nitrogens with one attached hydrogen (secondary N) is 1. The molecule has 0 bridgehead atoms. The zero-order valence-corrected chi connectivity index (χ0v) is 17.6. The van der Waals surface area contributed by atoms with Crippen LogP contribution in [0.2, 0.25) is 0 Å². The summed E-state index contributed by atoms with van der Waals surface area (Å²) in [5, 5.41) is 15.0. The minimum Gasteiger partial charge on any atom is -0.378 e. The van der Waals surface area contributed by atoms with Gasteiger partial charge in [-0.1, -0.05) is 13.0 Å². The molecule has 0 aromatic heterocycles. The Morgan fingerprint density at radius 1 is 1.10 bits per heavy atom. The second kappa shape index (κ2) is 9.43. The van der Waals surface area contributed by atoms with E-state index in [9.17, 15) is 10.1 Å². The second-order valence-electron chi connectivity index (χ2n) is 9.06. The maximum atomic E-state index is 11.5. The summed E-state index contributed by atoms with van der Waals surface area (Å²) in [5.74, 6) is 0.606. The van der Waals surface area contributed by atoms with E-state index in [1.54, 1.807) is 6.07 Å². The van der Waals surface area contributed by atoms with Crippen LogP contribution in [0.5, 0.6) is 0 Å². The molecule has 0 unspecified atom stereocenters. The van der Waals surface area contributed by atoms with Crippen molar-refractivity contribution in [1.29, 1.82) is 0 Å². The fourth-order valence-electron chi connectivity index (χ4n) is 4.99. The van der Waals surface area contributed by atoms with Gasteiger partial charge in [0.05, 0.1) is 11.0 Å². The summed E-state index contributed by atoms with van der Waals surface area (Å²) in [6.45, 7) is 5.22. The maximum Gasteiger partial charge on any atom is 0.292 e. The van der Waals surface area contributed by atoms with Crippen LogP contribution in [0, 0.1) is 10.1 Å². The Morgan fingerprint density at radius 3 is 2.45 bits per heavy atom. The lowest BCUT2D eigenvalue weighted by atomic mass is 9.90. The quantitative estimate of drug-likeness (QED) is 0.486. The summed E-state index contributed by atoms with van der Waals surface area (Å²) in [7, 11) is 0. The number of hydrogen-bond donors (Lipinski definition) is 1. The number of anilines is 1. The molecule has 1 aromatic rings. The highest BCUT2D eigenvalue weighted by Crippen LogP contribution is 2.42. The molecule has 4 rings (SSSR count). The van der Waals surface area contributed by atoms with Crippen LogP contribution >= 0.6 is 0 Å². The van der Waals surface area contributed by atoms with E-state index >= 15 is 0 Å². The van der Waals surface area contributed by atoms with E-state index in [-0.39, 0.29) is 10.6 Å². The number of benzene rings is 1. The average molecular weight is 402 g/mol. The summed E-state index contributed by atoms with van der Waals surface area (Å²) >= 11 is 0. The summed E-state index contributed by atoms with van der Waals surface area (Å²) in [5.41, 5.74) is 2.17. The number of hydrogen-bond acceptors (Lipinski definition) is 5. The molecule has 0 radical (unpaired) electrons. The Morgan fingerprint density at radius 2 is 1.83 bits per heavy atom. The van der Waals surface area contributed by atoms with E-state index in [0.717, 1.165) is 39.0 Å². The number of nitro groups is 1. The van der Waals surface area contributed by atoms with Gasteiger partial charge in [0.2, 0.25) is 0 Å². The third-order valence-corrected chi connectivity index (χ3v) is 6.87. The fraction of sp³-hybridized carbons (Fsp3) is 0.739. The van der Waals surface area contributed by atoms with Gasteiger partial charge < -0.3 is 15.0 Å². The molecule has 1 heterocycles. The Bertz CT molecular complexity index is 691. The summed E-state index contributed by atoms with van der Waals surface area (Å²) in [4.78, 5) is 13.8. The first-order valence-corrected chi connectivity index (χ1v) is 11.5. The number of likely N-dealkylation sites (tertiary alicyclic amines) is 1. The highest BCUT2D eigenvalue weighted by Gasteiger charge is 2.30. The predicted octanol–water partition coefficient (Wildman–Crippen LogP) is 5.09. The Kier molecular flexibility index (Phi) is 6.70. The highest BCUT2D eigenvalue weighted by atomic mass is 16.6. The lowest BCUT2D eigenvalue weighted by Crippen LogP contribution is -2.46. The first-order chi connectivity index (χ1) is 14.1. The normalized spacial score (nSPS) is 26.4. The molecule has 0 amide bonds. The SMILES string of the molecule is CCCOC1CCC(N2CCC(Nc3cc(C4CC4)ccc3[N+](=O)[O-])CC2)CC1. The molecule has 2 saturated carbocycles. The molecule has 29 heavy (non-hydrogen) atoms. The predicted molar refractivity (Wildman–Crippen MR) is 116 cm³/mol. The molecule has 6 heteroatoms. The smallest absolute Gasteiger partial charge is 0.292 e. The second-order valence-corrected chi connectivity index (χ2v) is 9.06. The van der Waals surface area contributed by atoms with E-state index in [1.165, 1.54) is 44.1 Å². The first kappa shape index (κ1) is 20.6. The van der Waals surface area contributed by atoms with Gasteiger partial charge in [-0.25, -0.2) is 0 Å². The standard InChI is InChI=1S/C23H35N3O3/c1-2-15-29-21-8-6-20(7-9-21)25-13-11-19(12-14-25)24-22-16-18(17-3-4-17)5-10-23(22)26(27)28/h5,10,16-17,19-21,24H,2-4,6-9,11-15H2,1H3. The van der Waals surface area contributed by atoms with Crippen molar-refractivity contribution >= 4 is 11.4 Å². The molecular formula is C23H35N3O3. The van der Waals surface area contributed by atoms with Crippen molar-refractivity contribution in [3.63, 3.8) is 0 Å². The molecule has 0 atom stereocenters. The average Bonchev–Trinajstić information content (AvgIpc) is 3.58. The Hall–Kier alpha value is -1.66. The van der Waals surface area contributed by atoms with E-state index in [1.807, 2.05) is 12.1 Å². The van der Waals surface area contributed by atoms with Crippen molar-refractivity contribution < 1.29 is 9.66 Å². The van der Waals surface area contributed by atoms with E-state index in [4.69, 9.17) is 4.74 Å². The van der Waals surface area contributed by atoms with Gasteiger partial charge in [0, 0.05) is 37.8 Å². The van der Waals surface area contributed by atoms with Crippen molar-refractivity contribution in [1.82, 2.24) is 4.90 Å². The van der Waals surface area contributed by atoms with Gasteiger partial charge in [0.25, 0.3) is 5.69 Å². The number of piperidine rings is 1. The number of nitrogens with zero attached hydrogens (tertiary/aromatic N) is 2. The molecule has 6 nitrogen and oxygen atoms in total. The van der Waals surface area contributed by atoms with Crippen LogP contribution in [0.15, 0.2) is 18.2 Å². The topological polar surface area (TPSA) is 67.6 Å². The molecule has 1 saturated heterocycles. The van der Waals surface area contributed by atoms with Gasteiger partial charge >= 0.3 is 0 Å². The Labute approximate surface area is 174 Å². The van der Waals surface area contributed by atoms with E-state index in [0.29, 0.717) is 29.8 Å². The van der Waals surface area contributed by atoms with Crippen LogP contribution in [0.25, 0.3) is 0 Å². The lowest BCUT2D eigenvalue weighted by Gasteiger charge is -2.41. The molecule has 0 spiro atoms. The minimum absolute atomic E-state index is 0.210. The van der Waals surface area contributed by atoms with Gasteiger partial charge in [-0.2, -0.15) is 0 Å². The zero-order chi connectivity index (χ0) is 20.2. The molecular weight excluding hydrogens is 366 g/mol. The summed E-state index contributed by atoms with van der Waals surface area (Å²) in [6, 6.07) is 6.65.